The number of pyridine rings is 1. The van der Waals surface area contributed by atoms with Gasteiger partial charge in [0.2, 0.25) is 5.91 Å². The highest BCUT2D eigenvalue weighted by Gasteiger charge is 2.23. The number of hydrogen-bond donors (Lipinski definition) is 4. The monoisotopic (exact) mass is 591 g/mol. The Hall–Kier alpha value is -4.88. The standard InChI is InChI=1S/C29H32N6O6S/c1-35(2)29(37)34-21-7-10-25(42(38)39)19(14-21)16-32-28(36)26(18-5-9-23(40-3)24(15-18)41-4)33-20-6-8-22-17(13-20)11-12-31-27(22)30/h5-15,26,33H,16H2,1-4H3,(H2,30,31)(H,32,36)(H,34,37)(H,38,39)/p-1/t26-/m1/s1. The Bertz CT molecular complexity index is 1650. The number of fused-ring (bicyclic) bond motifs is 1. The second-order valence-electron chi connectivity index (χ2n) is 9.42. The molecule has 0 radical (unpaired) electrons. The van der Waals surface area contributed by atoms with Gasteiger partial charge in [-0.3, -0.25) is 9.00 Å². The highest BCUT2D eigenvalue weighted by molar-refractivity contribution is 7.79. The summed E-state index contributed by atoms with van der Waals surface area (Å²) in [6.45, 7) is -0.126. The van der Waals surface area contributed by atoms with Gasteiger partial charge in [0, 0.05) is 48.5 Å². The second-order valence-corrected chi connectivity index (χ2v) is 10.3. The van der Waals surface area contributed by atoms with Crippen molar-refractivity contribution in [3.8, 4) is 11.5 Å². The number of hydrogen-bond acceptors (Lipinski definition) is 9. The molecule has 0 spiro atoms. The Morgan fingerprint density at radius 1 is 1.00 bits per heavy atom. The van der Waals surface area contributed by atoms with E-state index in [1.54, 1.807) is 44.6 Å². The molecule has 42 heavy (non-hydrogen) atoms. The first-order valence-electron chi connectivity index (χ1n) is 12.7. The first-order chi connectivity index (χ1) is 20.1. The molecule has 4 aromatic rings. The van der Waals surface area contributed by atoms with Crippen molar-refractivity contribution in [3.05, 3.63) is 78.0 Å². The quantitative estimate of drug-likeness (QED) is 0.201. The van der Waals surface area contributed by atoms with E-state index in [9.17, 15) is 18.4 Å². The summed E-state index contributed by atoms with van der Waals surface area (Å²) in [5, 5.41) is 10.4. The third kappa shape index (κ3) is 6.87. The number of nitrogens with zero attached hydrogens (tertiary/aromatic N) is 2. The fourth-order valence-electron chi connectivity index (χ4n) is 4.27. The SMILES string of the molecule is COc1ccc([C@@H](Nc2ccc3c(N)nccc3c2)C(=O)NCc2cc(NC(=O)N(C)C)ccc2S(=O)[O-])cc1OC. The molecule has 1 aromatic heterocycles. The molecule has 12 nitrogen and oxygen atoms in total. The molecule has 2 atom stereocenters. The maximum Gasteiger partial charge on any atom is 0.321 e. The van der Waals surface area contributed by atoms with E-state index in [4.69, 9.17) is 15.2 Å². The summed E-state index contributed by atoms with van der Waals surface area (Å²) in [7, 11) is 6.18. The van der Waals surface area contributed by atoms with E-state index >= 15 is 0 Å². The van der Waals surface area contributed by atoms with Crippen LogP contribution in [0.25, 0.3) is 10.8 Å². The maximum absolute atomic E-state index is 13.7. The summed E-state index contributed by atoms with van der Waals surface area (Å²) in [6.07, 6.45) is 1.60. The number of urea groups is 1. The van der Waals surface area contributed by atoms with Crippen LogP contribution in [0.15, 0.2) is 71.8 Å². The minimum atomic E-state index is -2.57. The first-order valence-corrected chi connectivity index (χ1v) is 13.8. The van der Waals surface area contributed by atoms with Gasteiger partial charge in [0.05, 0.1) is 14.2 Å². The van der Waals surface area contributed by atoms with Crippen LogP contribution in [0.2, 0.25) is 0 Å². The highest BCUT2D eigenvalue weighted by atomic mass is 32.2. The molecule has 0 saturated carbocycles. The molecule has 0 aliphatic carbocycles. The smallest absolute Gasteiger partial charge is 0.321 e. The van der Waals surface area contributed by atoms with Crippen LogP contribution in [0.3, 0.4) is 0 Å². The second kappa shape index (κ2) is 13.2. The van der Waals surface area contributed by atoms with Crippen molar-refractivity contribution < 1.29 is 27.8 Å². The van der Waals surface area contributed by atoms with Crippen LogP contribution in [0.1, 0.15) is 17.2 Å². The molecule has 3 amide bonds. The number of nitrogens with one attached hydrogen (secondary N) is 3. The van der Waals surface area contributed by atoms with Gasteiger partial charge in [-0.1, -0.05) is 6.07 Å². The lowest BCUT2D eigenvalue weighted by atomic mass is 10.0. The number of benzene rings is 3. The van der Waals surface area contributed by atoms with Gasteiger partial charge >= 0.3 is 6.03 Å². The molecule has 13 heteroatoms. The third-order valence-electron chi connectivity index (χ3n) is 6.46. The summed E-state index contributed by atoms with van der Waals surface area (Å²) in [5.74, 6) is 0.874. The van der Waals surface area contributed by atoms with Crippen molar-refractivity contribution >= 4 is 51.0 Å². The topological polar surface area (TPSA) is 171 Å². The molecule has 0 aliphatic heterocycles. The molecule has 0 fully saturated rings. The molecular weight excluding hydrogens is 560 g/mol. The Morgan fingerprint density at radius 3 is 2.43 bits per heavy atom. The van der Waals surface area contributed by atoms with Gasteiger partial charge in [0.1, 0.15) is 11.9 Å². The van der Waals surface area contributed by atoms with Crippen molar-refractivity contribution in [2.75, 3.05) is 44.7 Å². The molecule has 1 unspecified atom stereocenters. The van der Waals surface area contributed by atoms with Crippen LogP contribution in [-0.2, 0) is 22.4 Å². The lowest BCUT2D eigenvalue weighted by Crippen LogP contribution is -2.33. The Labute approximate surface area is 245 Å². The van der Waals surface area contributed by atoms with Crippen LogP contribution in [0.5, 0.6) is 11.5 Å². The minimum Gasteiger partial charge on any atom is -0.768 e. The number of anilines is 3. The van der Waals surface area contributed by atoms with Crippen molar-refractivity contribution in [2.24, 2.45) is 0 Å². The number of carbonyl (C=O) groups is 2. The predicted octanol–water partition coefficient (Wildman–Crippen LogP) is 3.64. The van der Waals surface area contributed by atoms with E-state index in [1.165, 1.54) is 37.3 Å². The lowest BCUT2D eigenvalue weighted by Gasteiger charge is -2.22. The summed E-state index contributed by atoms with van der Waals surface area (Å²) < 4.78 is 34.6. The maximum atomic E-state index is 13.7. The van der Waals surface area contributed by atoms with Gasteiger partial charge in [0.15, 0.2) is 11.5 Å². The number of aromatic nitrogens is 1. The molecule has 3 aromatic carbocycles. The van der Waals surface area contributed by atoms with E-state index in [0.717, 1.165) is 10.8 Å². The number of nitrogen functional groups attached to an aromatic ring is 1. The number of amides is 3. The zero-order valence-corrected chi connectivity index (χ0v) is 24.3. The predicted molar refractivity (Wildman–Crippen MR) is 160 cm³/mol. The zero-order valence-electron chi connectivity index (χ0n) is 23.5. The van der Waals surface area contributed by atoms with Crippen LogP contribution < -0.4 is 31.2 Å². The molecule has 0 saturated heterocycles. The average Bonchev–Trinajstić information content (AvgIpc) is 2.98. The van der Waals surface area contributed by atoms with E-state index in [0.29, 0.717) is 39.8 Å². The van der Waals surface area contributed by atoms with Gasteiger partial charge in [0.25, 0.3) is 0 Å². The molecule has 220 valence electrons. The largest absolute Gasteiger partial charge is 0.768 e. The van der Waals surface area contributed by atoms with Gasteiger partial charge < -0.3 is 40.6 Å². The fraction of sp³-hybridized carbons (Fsp3) is 0.207. The highest BCUT2D eigenvalue weighted by Crippen LogP contribution is 2.32. The van der Waals surface area contributed by atoms with Gasteiger partial charge in [-0.15, -0.1) is 0 Å². The van der Waals surface area contributed by atoms with Crippen LogP contribution in [0.4, 0.5) is 22.0 Å². The minimum absolute atomic E-state index is 0.00509. The average molecular weight is 592 g/mol. The van der Waals surface area contributed by atoms with Crippen molar-refractivity contribution in [1.29, 1.82) is 0 Å². The number of methoxy groups -OCH3 is 2. The van der Waals surface area contributed by atoms with E-state index in [2.05, 4.69) is 20.9 Å². The fourth-order valence-corrected chi connectivity index (χ4v) is 4.79. The number of nitrogens with two attached hydrogens (primary N) is 1. The van der Waals surface area contributed by atoms with Gasteiger partial charge in [-0.05, 0) is 82.2 Å². The Balaban J connectivity index is 1.66. The van der Waals surface area contributed by atoms with Crippen molar-refractivity contribution in [3.63, 3.8) is 0 Å². The van der Waals surface area contributed by atoms with Crippen LogP contribution in [0, 0.1) is 0 Å². The number of rotatable bonds is 10. The van der Waals surface area contributed by atoms with E-state index < -0.39 is 23.0 Å². The van der Waals surface area contributed by atoms with Crippen LogP contribution >= 0.6 is 0 Å². The van der Waals surface area contributed by atoms with Crippen molar-refractivity contribution in [2.45, 2.75) is 17.5 Å². The third-order valence-corrected chi connectivity index (χ3v) is 7.22. The molecule has 1 heterocycles. The Kier molecular flexibility index (Phi) is 9.45. The van der Waals surface area contributed by atoms with E-state index in [-0.39, 0.29) is 17.5 Å². The van der Waals surface area contributed by atoms with Gasteiger partial charge in [-0.2, -0.15) is 0 Å². The van der Waals surface area contributed by atoms with E-state index in [1.807, 2.05) is 18.2 Å². The van der Waals surface area contributed by atoms with Crippen molar-refractivity contribution in [1.82, 2.24) is 15.2 Å². The zero-order chi connectivity index (χ0) is 30.4. The molecule has 0 bridgehead atoms. The molecule has 0 aliphatic rings. The summed E-state index contributed by atoms with van der Waals surface area (Å²) in [4.78, 5) is 31.3. The first kappa shape index (κ1) is 30.1. The summed E-state index contributed by atoms with van der Waals surface area (Å²) in [6, 6.07) is 15.4. The van der Waals surface area contributed by atoms with Gasteiger partial charge in [-0.25, -0.2) is 9.78 Å². The lowest BCUT2D eigenvalue weighted by molar-refractivity contribution is -0.122. The summed E-state index contributed by atoms with van der Waals surface area (Å²) >= 11 is -2.57. The summed E-state index contributed by atoms with van der Waals surface area (Å²) in [5.41, 5.74) is 7.88. The molecule has 5 N–H and O–H groups in total. The number of ether oxygens (including phenoxy) is 2. The normalized spacial score (nSPS) is 12.2. The molecule has 4 rings (SSSR count). The number of carbonyl (C=O) groups excluding carboxylic acids is 2. The van der Waals surface area contributed by atoms with Crippen LogP contribution in [-0.4, -0.2) is 58.9 Å². The molecular formula is C29H31N6O6S-. The Morgan fingerprint density at radius 2 is 1.74 bits per heavy atom.